The Labute approximate surface area is 124 Å². The first-order valence-electron chi connectivity index (χ1n) is 7.94. The normalized spacial score (nSPS) is 32.7. The highest BCUT2D eigenvalue weighted by Gasteiger charge is 2.65. The lowest BCUT2D eigenvalue weighted by Gasteiger charge is -2.56. The Balaban J connectivity index is 1.38. The van der Waals surface area contributed by atoms with Crippen molar-refractivity contribution in [3.05, 3.63) is 18.0 Å². The number of carbonyl (C=O) groups excluding carboxylic acids is 1. The number of amides is 2. The molecule has 1 aromatic heterocycles. The minimum Gasteiger partial charge on any atom is -0.377 e. The van der Waals surface area contributed by atoms with Gasteiger partial charge in [0.15, 0.2) is 0 Å². The summed E-state index contributed by atoms with van der Waals surface area (Å²) in [6.45, 7) is 1.33. The Morgan fingerprint density at radius 2 is 2.33 bits per heavy atom. The summed E-state index contributed by atoms with van der Waals surface area (Å²) in [4.78, 5) is 12.2. The van der Waals surface area contributed by atoms with E-state index in [-0.39, 0.29) is 17.5 Å². The highest BCUT2D eigenvalue weighted by atomic mass is 16.5. The Bertz CT molecular complexity index is 510. The summed E-state index contributed by atoms with van der Waals surface area (Å²) in [7, 11) is 0. The monoisotopic (exact) mass is 290 g/mol. The number of nitrogens with zero attached hydrogens (tertiary/aromatic N) is 1. The number of hydrogen-bond donors (Lipinski definition) is 3. The molecule has 114 valence electrons. The summed E-state index contributed by atoms with van der Waals surface area (Å²) in [5.74, 6) is 0.515. The lowest BCUT2D eigenvalue weighted by atomic mass is 9.54. The number of rotatable bonds is 3. The van der Waals surface area contributed by atoms with Crippen molar-refractivity contribution in [2.24, 2.45) is 11.3 Å². The van der Waals surface area contributed by atoms with Gasteiger partial charge < -0.3 is 15.4 Å². The van der Waals surface area contributed by atoms with Gasteiger partial charge in [-0.1, -0.05) is 12.8 Å². The molecule has 1 aliphatic heterocycles. The number of fused-ring (bicyclic) bond motifs is 2. The molecule has 0 aromatic carbocycles. The summed E-state index contributed by atoms with van der Waals surface area (Å²) in [5, 5.41) is 12.9. The van der Waals surface area contributed by atoms with E-state index < -0.39 is 0 Å². The average molecular weight is 290 g/mol. The molecule has 6 heteroatoms. The lowest BCUT2D eigenvalue weighted by molar-refractivity contribution is -0.126. The molecule has 1 aromatic rings. The second kappa shape index (κ2) is 5.02. The lowest BCUT2D eigenvalue weighted by Crippen LogP contribution is -2.69. The van der Waals surface area contributed by atoms with Crippen molar-refractivity contribution in [2.45, 2.75) is 50.8 Å². The fourth-order valence-corrected chi connectivity index (χ4v) is 4.66. The third-order valence-electron chi connectivity index (χ3n) is 5.57. The van der Waals surface area contributed by atoms with Crippen molar-refractivity contribution in [1.29, 1.82) is 0 Å². The maximum atomic E-state index is 12.2. The summed E-state index contributed by atoms with van der Waals surface area (Å²) in [6.07, 6.45) is 8.07. The zero-order valence-corrected chi connectivity index (χ0v) is 12.1. The number of H-pyrrole nitrogens is 1. The fraction of sp³-hybridized carbons (Fsp3) is 0.733. The minimum atomic E-state index is -0.0776. The summed E-state index contributed by atoms with van der Waals surface area (Å²) in [6, 6.07) is 2.07. The molecular weight excluding hydrogens is 268 g/mol. The van der Waals surface area contributed by atoms with Crippen LogP contribution in [-0.4, -0.2) is 35.0 Å². The number of carbonyl (C=O) groups is 1. The van der Waals surface area contributed by atoms with Crippen LogP contribution < -0.4 is 10.6 Å². The van der Waals surface area contributed by atoms with Gasteiger partial charge in [0.1, 0.15) is 0 Å². The minimum absolute atomic E-state index is 0.0776. The Morgan fingerprint density at radius 3 is 3.10 bits per heavy atom. The van der Waals surface area contributed by atoms with Crippen LogP contribution in [0.1, 0.15) is 37.8 Å². The van der Waals surface area contributed by atoms with Gasteiger partial charge in [0, 0.05) is 30.2 Å². The van der Waals surface area contributed by atoms with E-state index in [1.807, 2.05) is 6.07 Å². The summed E-state index contributed by atoms with van der Waals surface area (Å²) < 4.78 is 5.94. The molecule has 1 saturated heterocycles. The average Bonchev–Trinajstić information content (AvgIpc) is 3.22. The smallest absolute Gasteiger partial charge is 0.315 e. The van der Waals surface area contributed by atoms with Gasteiger partial charge in [-0.15, -0.1) is 0 Å². The largest absolute Gasteiger partial charge is 0.377 e. The van der Waals surface area contributed by atoms with Gasteiger partial charge in [-0.3, -0.25) is 5.10 Å². The van der Waals surface area contributed by atoms with E-state index in [0.717, 1.165) is 18.7 Å². The van der Waals surface area contributed by atoms with E-state index in [0.29, 0.717) is 18.6 Å². The van der Waals surface area contributed by atoms with Crippen LogP contribution in [0.2, 0.25) is 0 Å². The first-order chi connectivity index (χ1) is 10.3. The number of ether oxygens (including phenoxy) is 1. The van der Waals surface area contributed by atoms with Gasteiger partial charge in [0.05, 0.1) is 18.3 Å². The first kappa shape index (κ1) is 13.1. The predicted molar refractivity (Wildman–Crippen MR) is 76.5 cm³/mol. The molecule has 4 rings (SSSR count). The molecule has 0 radical (unpaired) electrons. The Morgan fingerprint density at radius 1 is 1.48 bits per heavy atom. The third kappa shape index (κ3) is 2.04. The molecule has 3 aliphatic rings. The highest BCUT2D eigenvalue weighted by molar-refractivity contribution is 5.74. The molecule has 2 saturated carbocycles. The molecule has 21 heavy (non-hydrogen) atoms. The number of hydrogen-bond acceptors (Lipinski definition) is 3. The van der Waals surface area contributed by atoms with E-state index in [4.69, 9.17) is 4.74 Å². The van der Waals surface area contributed by atoms with Crippen molar-refractivity contribution in [1.82, 2.24) is 20.8 Å². The second-order valence-electron chi connectivity index (χ2n) is 6.57. The summed E-state index contributed by atoms with van der Waals surface area (Å²) >= 11 is 0. The molecule has 3 N–H and O–H groups in total. The van der Waals surface area contributed by atoms with Crippen molar-refractivity contribution >= 4 is 6.03 Å². The van der Waals surface area contributed by atoms with Gasteiger partial charge >= 0.3 is 6.03 Å². The zero-order chi connectivity index (χ0) is 14.3. The number of nitrogens with one attached hydrogen (secondary N) is 3. The first-order valence-corrected chi connectivity index (χ1v) is 7.94. The molecule has 2 heterocycles. The molecule has 3 atom stereocenters. The van der Waals surface area contributed by atoms with E-state index in [2.05, 4.69) is 20.8 Å². The molecule has 1 spiro atoms. The van der Waals surface area contributed by atoms with Crippen LogP contribution in [0.15, 0.2) is 12.3 Å². The molecule has 2 amide bonds. The van der Waals surface area contributed by atoms with Crippen LogP contribution in [0.3, 0.4) is 0 Å². The molecular formula is C15H22N4O2. The van der Waals surface area contributed by atoms with Crippen LogP contribution in [0, 0.1) is 11.3 Å². The number of aromatic amines is 1. The SMILES string of the molecule is O=C(NCc1ccn[nH]1)NC1C2CCOC2C12CCCC2. The van der Waals surface area contributed by atoms with Gasteiger partial charge in [-0.25, -0.2) is 4.79 Å². The maximum Gasteiger partial charge on any atom is 0.315 e. The standard InChI is InChI=1S/C15H22N4O2/c20-14(16-9-10-3-7-17-19-10)18-12-11-4-8-21-13(11)15(12)5-1-2-6-15/h3,7,11-13H,1-2,4-6,8-9H2,(H,17,19)(H2,16,18,20). The van der Waals surface area contributed by atoms with Gasteiger partial charge in [-0.05, 0) is 25.3 Å². The van der Waals surface area contributed by atoms with Gasteiger partial charge in [0.2, 0.25) is 0 Å². The third-order valence-corrected chi connectivity index (χ3v) is 5.57. The van der Waals surface area contributed by atoms with E-state index in [1.165, 1.54) is 25.7 Å². The van der Waals surface area contributed by atoms with Crippen molar-refractivity contribution in [2.75, 3.05) is 6.61 Å². The number of aromatic nitrogens is 2. The molecule has 0 bridgehead atoms. The Hall–Kier alpha value is -1.56. The van der Waals surface area contributed by atoms with E-state index >= 15 is 0 Å². The summed E-state index contributed by atoms with van der Waals surface area (Å²) in [5.41, 5.74) is 1.13. The Kier molecular flexibility index (Phi) is 3.14. The van der Waals surface area contributed by atoms with Crippen molar-refractivity contribution in [3.63, 3.8) is 0 Å². The van der Waals surface area contributed by atoms with Crippen LogP contribution in [0.5, 0.6) is 0 Å². The van der Waals surface area contributed by atoms with E-state index in [1.54, 1.807) is 6.20 Å². The predicted octanol–water partition coefficient (Wildman–Crippen LogP) is 1.56. The van der Waals surface area contributed by atoms with Gasteiger partial charge in [-0.2, -0.15) is 5.10 Å². The van der Waals surface area contributed by atoms with Crippen LogP contribution >= 0.6 is 0 Å². The quantitative estimate of drug-likeness (QED) is 0.790. The van der Waals surface area contributed by atoms with Crippen LogP contribution in [0.4, 0.5) is 4.79 Å². The van der Waals surface area contributed by atoms with Crippen molar-refractivity contribution < 1.29 is 9.53 Å². The molecule has 2 aliphatic carbocycles. The maximum absolute atomic E-state index is 12.2. The molecule has 6 nitrogen and oxygen atoms in total. The topological polar surface area (TPSA) is 79.0 Å². The molecule has 3 fully saturated rings. The second-order valence-corrected chi connectivity index (χ2v) is 6.57. The van der Waals surface area contributed by atoms with Crippen LogP contribution in [-0.2, 0) is 11.3 Å². The van der Waals surface area contributed by atoms with Gasteiger partial charge in [0.25, 0.3) is 0 Å². The highest BCUT2D eigenvalue weighted by Crippen LogP contribution is 2.60. The van der Waals surface area contributed by atoms with Crippen LogP contribution in [0.25, 0.3) is 0 Å². The fourth-order valence-electron chi connectivity index (χ4n) is 4.66. The van der Waals surface area contributed by atoms with Crippen molar-refractivity contribution in [3.8, 4) is 0 Å². The van der Waals surface area contributed by atoms with E-state index in [9.17, 15) is 4.79 Å². The zero-order valence-electron chi connectivity index (χ0n) is 12.1. The molecule has 3 unspecified atom stereocenters. The number of urea groups is 1.